The Morgan fingerprint density at radius 3 is 2.67 bits per heavy atom. The first-order valence-electron chi connectivity index (χ1n) is 7.97. The van der Waals surface area contributed by atoms with Gasteiger partial charge in [-0.05, 0) is 70.7 Å². The Labute approximate surface area is 112 Å². The predicted octanol–water partition coefficient (Wildman–Crippen LogP) is 1.40. The maximum Gasteiger partial charge on any atom is 0.0295 e. The number of nitrogens with zero attached hydrogens (tertiary/aromatic N) is 2. The highest BCUT2D eigenvalue weighted by Crippen LogP contribution is 2.44. The quantitative estimate of drug-likeness (QED) is 0.797. The summed E-state index contributed by atoms with van der Waals surface area (Å²) in [6.07, 6.45) is 5.58. The highest BCUT2D eigenvalue weighted by atomic mass is 15.3. The van der Waals surface area contributed by atoms with E-state index in [-0.39, 0.29) is 0 Å². The van der Waals surface area contributed by atoms with Crippen LogP contribution in [0.2, 0.25) is 0 Å². The molecule has 4 saturated heterocycles. The summed E-state index contributed by atoms with van der Waals surface area (Å²) in [5.74, 6) is 2.03. The molecular formula is C15H29N3. The molecule has 0 spiro atoms. The van der Waals surface area contributed by atoms with Crippen molar-refractivity contribution in [1.82, 2.24) is 15.1 Å². The summed E-state index contributed by atoms with van der Waals surface area (Å²) in [7, 11) is 2.09. The molecule has 2 bridgehead atoms. The zero-order valence-electron chi connectivity index (χ0n) is 12.1. The zero-order valence-corrected chi connectivity index (χ0v) is 12.1. The van der Waals surface area contributed by atoms with Crippen molar-refractivity contribution >= 4 is 0 Å². The van der Waals surface area contributed by atoms with Gasteiger partial charge < -0.3 is 5.32 Å². The van der Waals surface area contributed by atoms with E-state index in [2.05, 4.69) is 29.1 Å². The summed E-state index contributed by atoms with van der Waals surface area (Å²) in [6.45, 7) is 8.94. The minimum Gasteiger partial charge on any atom is -0.320 e. The van der Waals surface area contributed by atoms with Crippen LogP contribution in [0.25, 0.3) is 0 Å². The fourth-order valence-electron chi connectivity index (χ4n) is 4.79. The Hall–Kier alpha value is -0.120. The SMILES string of the molecule is CCCN1CC2C3CCN(CC3)C2C1CCNC. The lowest BCUT2D eigenvalue weighted by Gasteiger charge is -2.49. The van der Waals surface area contributed by atoms with Crippen LogP contribution in [0.4, 0.5) is 0 Å². The van der Waals surface area contributed by atoms with Gasteiger partial charge in [-0.15, -0.1) is 0 Å². The molecule has 3 unspecified atom stereocenters. The monoisotopic (exact) mass is 251 g/mol. The minimum absolute atomic E-state index is 0.825. The lowest BCUT2D eigenvalue weighted by Crippen LogP contribution is -2.57. The molecule has 4 rings (SSSR count). The van der Waals surface area contributed by atoms with Gasteiger partial charge in [0.05, 0.1) is 0 Å². The van der Waals surface area contributed by atoms with Gasteiger partial charge in [0, 0.05) is 18.6 Å². The van der Waals surface area contributed by atoms with Gasteiger partial charge in [-0.1, -0.05) is 6.92 Å². The molecule has 3 atom stereocenters. The second kappa shape index (κ2) is 5.48. The largest absolute Gasteiger partial charge is 0.320 e. The zero-order chi connectivity index (χ0) is 12.5. The molecule has 4 aliphatic rings. The molecule has 1 N–H and O–H groups in total. The Morgan fingerprint density at radius 1 is 1.22 bits per heavy atom. The third kappa shape index (κ3) is 2.10. The molecule has 0 saturated carbocycles. The second-order valence-corrected chi connectivity index (χ2v) is 6.48. The number of hydrogen-bond acceptors (Lipinski definition) is 3. The van der Waals surface area contributed by atoms with Crippen LogP contribution in [0.3, 0.4) is 0 Å². The first-order valence-corrected chi connectivity index (χ1v) is 7.97. The van der Waals surface area contributed by atoms with E-state index in [1.165, 1.54) is 58.4 Å². The molecule has 3 heteroatoms. The van der Waals surface area contributed by atoms with Crippen molar-refractivity contribution in [2.75, 3.05) is 39.8 Å². The molecule has 4 aliphatic heterocycles. The first-order chi connectivity index (χ1) is 8.85. The van der Waals surface area contributed by atoms with Crippen molar-refractivity contribution in [3.8, 4) is 0 Å². The maximum atomic E-state index is 3.35. The Bertz CT molecular complexity index is 273. The van der Waals surface area contributed by atoms with E-state index in [0.29, 0.717) is 0 Å². The highest BCUT2D eigenvalue weighted by molar-refractivity contribution is 5.06. The van der Waals surface area contributed by atoms with Gasteiger partial charge in [-0.3, -0.25) is 9.80 Å². The molecule has 4 fully saturated rings. The third-order valence-electron chi connectivity index (χ3n) is 5.55. The Balaban J connectivity index is 1.74. The third-order valence-corrected chi connectivity index (χ3v) is 5.55. The first kappa shape index (κ1) is 12.9. The van der Waals surface area contributed by atoms with Gasteiger partial charge in [-0.25, -0.2) is 0 Å². The Kier molecular flexibility index (Phi) is 3.92. The molecule has 0 aromatic rings. The van der Waals surface area contributed by atoms with Crippen LogP contribution in [0.1, 0.15) is 32.6 Å². The summed E-state index contributed by atoms with van der Waals surface area (Å²) in [5.41, 5.74) is 0. The molecule has 0 aliphatic carbocycles. The molecule has 0 aromatic heterocycles. The van der Waals surface area contributed by atoms with Gasteiger partial charge in [0.2, 0.25) is 0 Å². The lowest BCUT2D eigenvalue weighted by molar-refractivity contribution is 0.00247. The van der Waals surface area contributed by atoms with Crippen LogP contribution >= 0.6 is 0 Å². The normalized spacial score (nSPS) is 43.3. The average Bonchev–Trinajstić information content (AvgIpc) is 2.78. The van der Waals surface area contributed by atoms with Gasteiger partial charge >= 0.3 is 0 Å². The fourth-order valence-corrected chi connectivity index (χ4v) is 4.79. The van der Waals surface area contributed by atoms with Crippen LogP contribution in [0.15, 0.2) is 0 Å². The summed E-state index contributed by atoms with van der Waals surface area (Å²) < 4.78 is 0. The van der Waals surface area contributed by atoms with Crippen molar-refractivity contribution in [2.24, 2.45) is 11.8 Å². The number of fused-ring (bicyclic) bond motifs is 2. The van der Waals surface area contributed by atoms with E-state index in [4.69, 9.17) is 0 Å². The molecule has 18 heavy (non-hydrogen) atoms. The summed E-state index contributed by atoms with van der Waals surface area (Å²) in [4.78, 5) is 5.63. The van der Waals surface area contributed by atoms with Crippen LogP contribution in [0.5, 0.6) is 0 Å². The van der Waals surface area contributed by atoms with E-state index in [1.54, 1.807) is 0 Å². The molecule has 4 heterocycles. The van der Waals surface area contributed by atoms with Gasteiger partial charge in [-0.2, -0.15) is 0 Å². The molecule has 0 amide bonds. The summed E-state index contributed by atoms with van der Waals surface area (Å²) >= 11 is 0. The standard InChI is InChI=1S/C15H29N3/c1-3-8-18-11-13-12-5-9-17(10-6-12)15(13)14(18)4-7-16-2/h12-16H,3-11H2,1-2H3. The topological polar surface area (TPSA) is 18.5 Å². The Morgan fingerprint density at radius 2 is 2.00 bits per heavy atom. The number of hydrogen-bond donors (Lipinski definition) is 1. The number of piperidine rings is 3. The van der Waals surface area contributed by atoms with Gasteiger partial charge in [0.15, 0.2) is 0 Å². The number of nitrogens with one attached hydrogen (secondary N) is 1. The number of likely N-dealkylation sites (tertiary alicyclic amines) is 1. The van der Waals surface area contributed by atoms with Crippen molar-refractivity contribution in [3.05, 3.63) is 0 Å². The molecule has 0 aromatic carbocycles. The summed E-state index contributed by atoms with van der Waals surface area (Å²) in [5, 5.41) is 3.35. The highest BCUT2D eigenvalue weighted by Gasteiger charge is 2.51. The van der Waals surface area contributed by atoms with Crippen LogP contribution in [0, 0.1) is 11.8 Å². The van der Waals surface area contributed by atoms with E-state index >= 15 is 0 Å². The molecule has 104 valence electrons. The van der Waals surface area contributed by atoms with E-state index < -0.39 is 0 Å². The molecular weight excluding hydrogens is 222 g/mol. The second-order valence-electron chi connectivity index (χ2n) is 6.48. The summed E-state index contributed by atoms with van der Waals surface area (Å²) in [6, 6.07) is 1.71. The van der Waals surface area contributed by atoms with Gasteiger partial charge in [0.1, 0.15) is 0 Å². The number of rotatable bonds is 5. The predicted molar refractivity (Wildman–Crippen MR) is 75.8 cm³/mol. The lowest BCUT2D eigenvalue weighted by atomic mass is 9.73. The van der Waals surface area contributed by atoms with E-state index in [9.17, 15) is 0 Å². The molecule has 0 radical (unpaired) electrons. The van der Waals surface area contributed by atoms with Crippen molar-refractivity contribution < 1.29 is 0 Å². The van der Waals surface area contributed by atoms with Crippen molar-refractivity contribution in [1.29, 1.82) is 0 Å². The van der Waals surface area contributed by atoms with Crippen molar-refractivity contribution in [2.45, 2.75) is 44.7 Å². The van der Waals surface area contributed by atoms with E-state index in [0.717, 1.165) is 23.9 Å². The maximum absolute atomic E-state index is 3.35. The van der Waals surface area contributed by atoms with Crippen LogP contribution in [-0.4, -0.2) is 61.7 Å². The minimum atomic E-state index is 0.825. The molecule has 3 nitrogen and oxygen atoms in total. The van der Waals surface area contributed by atoms with Gasteiger partial charge in [0.25, 0.3) is 0 Å². The average molecular weight is 251 g/mol. The van der Waals surface area contributed by atoms with Crippen LogP contribution in [-0.2, 0) is 0 Å². The van der Waals surface area contributed by atoms with E-state index in [1.807, 2.05) is 0 Å². The van der Waals surface area contributed by atoms with Crippen molar-refractivity contribution in [3.63, 3.8) is 0 Å². The van der Waals surface area contributed by atoms with Crippen LogP contribution < -0.4 is 5.32 Å². The fraction of sp³-hybridized carbons (Fsp3) is 1.00. The smallest absolute Gasteiger partial charge is 0.0295 e.